The third kappa shape index (κ3) is 4.74. The van der Waals surface area contributed by atoms with Crippen molar-refractivity contribution in [2.24, 2.45) is 0 Å². The van der Waals surface area contributed by atoms with Gasteiger partial charge in [-0.05, 0) is 50.6 Å². The lowest BCUT2D eigenvalue weighted by atomic mass is 10.2. The summed E-state index contributed by atoms with van der Waals surface area (Å²) in [6.45, 7) is 5.81. The molecule has 1 aromatic heterocycles. The van der Waals surface area contributed by atoms with E-state index in [2.05, 4.69) is 9.97 Å². The molecule has 152 valence electrons. The minimum atomic E-state index is -0.220. The Morgan fingerprint density at radius 2 is 1.93 bits per heavy atom. The van der Waals surface area contributed by atoms with Crippen molar-refractivity contribution in [1.29, 1.82) is 0 Å². The SMILES string of the molecule is COc1cc(C)ccc1OCC(=O)N(Cc1nc2ccccc2c(=O)[nH]1)C(C)C. The fourth-order valence-corrected chi connectivity index (χ4v) is 3.05. The third-order valence-corrected chi connectivity index (χ3v) is 4.60. The molecular formula is C22H25N3O4. The second-order valence-corrected chi connectivity index (χ2v) is 7.09. The number of ether oxygens (including phenoxy) is 2. The number of hydrogen-bond acceptors (Lipinski definition) is 5. The highest BCUT2D eigenvalue weighted by Gasteiger charge is 2.20. The van der Waals surface area contributed by atoms with Crippen molar-refractivity contribution < 1.29 is 14.3 Å². The Kier molecular flexibility index (Phi) is 6.16. The zero-order valence-corrected chi connectivity index (χ0v) is 17.1. The third-order valence-electron chi connectivity index (χ3n) is 4.60. The fraction of sp³-hybridized carbons (Fsp3) is 0.318. The van der Waals surface area contributed by atoms with Gasteiger partial charge in [0, 0.05) is 6.04 Å². The van der Waals surface area contributed by atoms with E-state index in [-0.39, 0.29) is 30.7 Å². The number of carbonyl (C=O) groups excluding carboxylic acids is 1. The number of fused-ring (bicyclic) bond motifs is 1. The molecule has 2 aromatic carbocycles. The maximum absolute atomic E-state index is 12.8. The topological polar surface area (TPSA) is 84.5 Å². The van der Waals surface area contributed by atoms with Gasteiger partial charge in [-0.2, -0.15) is 0 Å². The predicted molar refractivity (Wildman–Crippen MR) is 111 cm³/mol. The van der Waals surface area contributed by atoms with Crippen molar-refractivity contribution in [1.82, 2.24) is 14.9 Å². The van der Waals surface area contributed by atoms with E-state index < -0.39 is 0 Å². The molecule has 0 saturated carbocycles. The molecule has 3 aromatic rings. The number of nitrogens with one attached hydrogen (secondary N) is 1. The number of nitrogens with zero attached hydrogens (tertiary/aromatic N) is 2. The first kappa shape index (κ1) is 20.4. The van der Waals surface area contributed by atoms with Gasteiger partial charge in [0.2, 0.25) is 0 Å². The molecule has 0 saturated heterocycles. The Morgan fingerprint density at radius 1 is 1.17 bits per heavy atom. The number of benzene rings is 2. The fourth-order valence-electron chi connectivity index (χ4n) is 3.05. The van der Waals surface area contributed by atoms with Gasteiger partial charge in [0.15, 0.2) is 18.1 Å². The van der Waals surface area contributed by atoms with Crippen LogP contribution in [0.1, 0.15) is 25.2 Å². The molecule has 0 aliphatic heterocycles. The number of aryl methyl sites for hydroxylation is 1. The van der Waals surface area contributed by atoms with Crippen LogP contribution in [0.2, 0.25) is 0 Å². The minimum absolute atomic E-state index is 0.0946. The number of hydrogen-bond donors (Lipinski definition) is 1. The van der Waals surface area contributed by atoms with Crippen LogP contribution in [0.4, 0.5) is 0 Å². The number of H-pyrrole nitrogens is 1. The molecule has 3 rings (SSSR count). The lowest BCUT2D eigenvalue weighted by Gasteiger charge is -2.26. The summed E-state index contributed by atoms with van der Waals surface area (Å²) in [4.78, 5) is 34.0. The van der Waals surface area contributed by atoms with Crippen LogP contribution in [0.3, 0.4) is 0 Å². The number of rotatable bonds is 7. The van der Waals surface area contributed by atoms with Gasteiger partial charge in [-0.15, -0.1) is 0 Å². The van der Waals surface area contributed by atoms with Crippen molar-refractivity contribution in [3.05, 3.63) is 64.2 Å². The standard InChI is InChI=1S/C22H25N3O4/c1-14(2)25(12-20-23-17-8-6-5-7-16(17)22(27)24-20)21(26)13-29-18-10-9-15(3)11-19(18)28-4/h5-11,14H,12-13H2,1-4H3,(H,23,24,27). The molecule has 1 N–H and O–H groups in total. The summed E-state index contributed by atoms with van der Waals surface area (Å²) < 4.78 is 11.0. The monoisotopic (exact) mass is 395 g/mol. The van der Waals surface area contributed by atoms with Gasteiger partial charge in [0.1, 0.15) is 5.82 Å². The summed E-state index contributed by atoms with van der Waals surface area (Å²) >= 11 is 0. The Morgan fingerprint density at radius 3 is 2.66 bits per heavy atom. The van der Waals surface area contributed by atoms with Crippen molar-refractivity contribution >= 4 is 16.8 Å². The van der Waals surface area contributed by atoms with Crippen LogP contribution in [0.25, 0.3) is 10.9 Å². The Balaban J connectivity index is 1.76. The first-order valence-corrected chi connectivity index (χ1v) is 9.44. The van der Waals surface area contributed by atoms with E-state index in [0.29, 0.717) is 28.2 Å². The number of methoxy groups -OCH3 is 1. The van der Waals surface area contributed by atoms with Crippen LogP contribution in [0.5, 0.6) is 11.5 Å². The first-order chi connectivity index (χ1) is 13.9. The summed E-state index contributed by atoms with van der Waals surface area (Å²) in [7, 11) is 1.56. The number of para-hydroxylation sites is 1. The predicted octanol–water partition coefficient (Wildman–Crippen LogP) is 3.06. The van der Waals surface area contributed by atoms with Gasteiger partial charge in [0.25, 0.3) is 11.5 Å². The van der Waals surface area contributed by atoms with Crippen LogP contribution < -0.4 is 15.0 Å². The molecule has 0 unspecified atom stereocenters. The van der Waals surface area contributed by atoms with E-state index in [0.717, 1.165) is 5.56 Å². The molecule has 29 heavy (non-hydrogen) atoms. The highest BCUT2D eigenvalue weighted by Crippen LogP contribution is 2.27. The van der Waals surface area contributed by atoms with E-state index in [4.69, 9.17) is 9.47 Å². The zero-order chi connectivity index (χ0) is 21.0. The Hall–Kier alpha value is -3.35. The van der Waals surface area contributed by atoms with Crippen LogP contribution >= 0.6 is 0 Å². The lowest BCUT2D eigenvalue weighted by molar-refractivity contribution is -0.135. The molecule has 0 radical (unpaired) electrons. The molecule has 0 aliphatic carbocycles. The molecule has 1 amide bonds. The molecule has 0 spiro atoms. The number of aromatic nitrogens is 2. The van der Waals surface area contributed by atoms with Gasteiger partial charge < -0.3 is 19.4 Å². The summed E-state index contributed by atoms with van der Waals surface area (Å²) in [6.07, 6.45) is 0. The highest BCUT2D eigenvalue weighted by molar-refractivity contribution is 5.79. The summed E-state index contributed by atoms with van der Waals surface area (Å²) in [5.41, 5.74) is 1.42. The van der Waals surface area contributed by atoms with E-state index in [1.54, 1.807) is 36.3 Å². The quantitative estimate of drug-likeness (QED) is 0.665. The zero-order valence-electron chi connectivity index (χ0n) is 17.1. The normalized spacial score (nSPS) is 10.9. The lowest BCUT2D eigenvalue weighted by Crippen LogP contribution is -2.40. The maximum atomic E-state index is 12.8. The first-order valence-electron chi connectivity index (χ1n) is 9.44. The molecule has 0 aliphatic rings. The molecule has 0 fully saturated rings. The van der Waals surface area contributed by atoms with Gasteiger partial charge in [-0.3, -0.25) is 9.59 Å². The van der Waals surface area contributed by atoms with Crippen LogP contribution in [0, 0.1) is 6.92 Å². The van der Waals surface area contributed by atoms with Gasteiger partial charge in [0.05, 0.1) is 24.6 Å². The average molecular weight is 395 g/mol. The molecule has 7 nitrogen and oxygen atoms in total. The van der Waals surface area contributed by atoms with Crippen molar-refractivity contribution in [2.45, 2.75) is 33.4 Å². The number of carbonyl (C=O) groups is 1. The molecule has 0 bridgehead atoms. The number of amides is 1. The largest absolute Gasteiger partial charge is 0.493 e. The van der Waals surface area contributed by atoms with Crippen LogP contribution in [0.15, 0.2) is 47.3 Å². The maximum Gasteiger partial charge on any atom is 0.261 e. The second-order valence-electron chi connectivity index (χ2n) is 7.09. The number of aromatic amines is 1. The second kappa shape index (κ2) is 8.77. The highest BCUT2D eigenvalue weighted by atomic mass is 16.5. The van der Waals surface area contributed by atoms with Crippen molar-refractivity contribution in [2.75, 3.05) is 13.7 Å². The van der Waals surface area contributed by atoms with Gasteiger partial charge in [-0.25, -0.2) is 4.98 Å². The van der Waals surface area contributed by atoms with Crippen LogP contribution in [-0.2, 0) is 11.3 Å². The van der Waals surface area contributed by atoms with Crippen molar-refractivity contribution in [3.8, 4) is 11.5 Å². The molecular weight excluding hydrogens is 370 g/mol. The van der Waals surface area contributed by atoms with Crippen molar-refractivity contribution in [3.63, 3.8) is 0 Å². The molecule has 7 heteroatoms. The minimum Gasteiger partial charge on any atom is -0.493 e. The van der Waals surface area contributed by atoms with Gasteiger partial charge >= 0.3 is 0 Å². The molecule has 1 heterocycles. The Bertz CT molecular complexity index is 1080. The van der Waals surface area contributed by atoms with Crippen LogP contribution in [-0.4, -0.2) is 40.5 Å². The van der Waals surface area contributed by atoms with Gasteiger partial charge in [-0.1, -0.05) is 18.2 Å². The summed E-state index contributed by atoms with van der Waals surface area (Å²) in [5, 5.41) is 0.522. The average Bonchev–Trinajstić information content (AvgIpc) is 2.70. The smallest absolute Gasteiger partial charge is 0.261 e. The van der Waals surface area contributed by atoms with E-state index in [9.17, 15) is 9.59 Å². The molecule has 0 atom stereocenters. The van der Waals surface area contributed by atoms with E-state index >= 15 is 0 Å². The van der Waals surface area contributed by atoms with E-state index in [1.807, 2.05) is 39.0 Å². The van der Waals surface area contributed by atoms with E-state index in [1.165, 1.54) is 0 Å². The Labute approximate surface area is 169 Å². The summed E-state index contributed by atoms with van der Waals surface area (Å²) in [6, 6.07) is 12.6. The summed E-state index contributed by atoms with van der Waals surface area (Å²) in [5.74, 6) is 1.31.